The molecule has 0 bridgehead atoms. The third-order valence-corrected chi connectivity index (χ3v) is 3.08. The maximum atomic E-state index is 8.99. The molecule has 0 spiro atoms. The third-order valence-electron chi connectivity index (χ3n) is 3.08. The maximum Gasteiger partial charge on any atom is 0.101 e. The molecule has 0 atom stereocenters. The van der Waals surface area contributed by atoms with Crippen molar-refractivity contribution in [2.24, 2.45) is 0 Å². The minimum atomic E-state index is 0.420. The standard InChI is InChI=1S/C16H17N3/c1-11(2)13-7-3-4-8-14(13)19-15-9-5-6-12(10-17)16(15)18/h3-9,11,19H,18H2,1-2H3. The molecular weight excluding hydrogens is 234 g/mol. The molecule has 0 aromatic heterocycles. The molecule has 0 aliphatic heterocycles. The zero-order valence-electron chi connectivity index (χ0n) is 11.1. The van der Waals surface area contributed by atoms with Gasteiger partial charge in [-0.3, -0.25) is 0 Å². The van der Waals surface area contributed by atoms with Gasteiger partial charge in [-0.05, 0) is 29.7 Å². The fourth-order valence-corrected chi connectivity index (χ4v) is 2.03. The van der Waals surface area contributed by atoms with Gasteiger partial charge in [-0.15, -0.1) is 0 Å². The predicted molar refractivity (Wildman–Crippen MR) is 79.4 cm³/mol. The van der Waals surface area contributed by atoms with Crippen LogP contribution in [0.1, 0.15) is 30.9 Å². The van der Waals surface area contributed by atoms with Crippen molar-refractivity contribution in [2.45, 2.75) is 19.8 Å². The Morgan fingerprint density at radius 1 is 1.05 bits per heavy atom. The second kappa shape index (κ2) is 5.45. The lowest BCUT2D eigenvalue weighted by Crippen LogP contribution is -2.01. The van der Waals surface area contributed by atoms with Gasteiger partial charge in [-0.1, -0.05) is 38.1 Å². The topological polar surface area (TPSA) is 61.8 Å². The normalized spacial score (nSPS) is 10.2. The van der Waals surface area contributed by atoms with Crippen molar-refractivity contribution in [3.8, 4) is 6.07 Å². The minimum absolute atomic E-state index is 0.420. The van der Waals surface area contributed by atoms with E-state index in [1.165, 1.54) is 5.56 Å². The van der Waals surface area contributed by atoms with Gasteiger partial charge in [-0.25, -0.2) is 0 Å². The average Bonchev–Trinajstić information content (AvgIpc) is 2.41. The molecule has 19 heavy (non-hydrogen) atoms. The summed E-state index contributed by atoms with van der Waals surface area (Å²) in [4.78, 5) is 0. The molecular formula is C16H17N3. The van der Waals surface area contributed by atoms with Crippen LogP contribution >= 0.6 is 0 Å². The summed E-state index contributed by atoms with van der Waals surface area (Å²) >= 11 is 0. The zero-order valence-corrected chi connectivity index (χ0v) is 11.1. The van der Waals surface area contributed by atoms with Crippen molar-refractivity contribution < 1.29 is 0 Å². The minimum Gasteiger partial charge on any atom is -0.396 e. The number of nitrogens with zero attached hydrogens (tertiary/aromatic N) is 1. The predicted octanol–water partition coefficient (Wildman–Crippen LogP) is 4.01. The zero-order chi connectivity index (χ0) is 13.8. The first-order valence-corrected chi connectivity index (χ1v) is 6.28. The van der Waals surface area contributed by atoms with Crippen LogP contribution in [0.4, 0.5) is 17.1 Å². The molecule has 3 nitrogen and oxygen atoms in total. The van der Waals surface area contributed by atoms with Crippen LogP contribution in [0.3, 0.4) is 0 Å². The number of nitrogen functional groups attached to an aromatic ring is 1. The Bertz CT molecular complexity index is 624. The number of benzene rings is 2. The van der Waals surface area contributed by atoms with Gasteiger partial charge in [0.05, 0.1) is 16.9 Å². The van der Waals surface area contributed by atoms with E-state index in [1.54, 1.807) is 6.07 Å². The van der Waals surface area contributed by atoms with Crippen LogP contribution in [0.25, 0.3) is 0 Å². The lowest BCUT2D eigenvalue weighted by atomic mass is 10.0. The van der Waals surface area contributed by atoms with Gasteiger partial charge in [0, 0.05) is 5.69 Å². The highest BCUT2D eigenvalue weighted by molar-refractivity contribution is 5.78. The van der Waals surface area contributed by atoms with E-state index in [0.717, 1.165) is 11.4 Å². The first-order chi connectivity index (χ1) is 9.13. The summed E-state index contributed by atoms with van der Waals surface area (Å²) in [6, 6.07) is 15.6. The number of nitrogens with one attached hydrogen (secondary N) is 1. The van der Waals surface area contributed by atoms with Crippen LogP contribution in [0.2, 0.25) is 0 Å². The Kier molecular flexibility index (Phi) is 3.72. The van der Waals surface area contributed by atoms with Crippen LogP contribution in [-0.2, 0) is 0 Å². The average molecular weight is 251 g/mol. The molecule has 3 N–H and O–H groups in total. The van der Waals surface area contributed by atoms with E-state index in [4.69, 9.17) is 11.0 Å². The van der Waals surface area contributed by atoms with Gasteiger partial charge in [-0.2, -0.15) is 5.26 Å². The van der Waals surface area contributed by atoms with Crippen molar-refractivity contribution in [2.75, 3.05) is 11.1 Å². The lowest BCUT2D eigenvalue weighted by Gasteiger charge is -2.16. The molecule has 0 aliphatic rings. The smallest absolute Gasteiger partial charge is 0.101 e. The molecule has 2 rings (SSSR count). The van der Waals surface area contributed by atoms with E-state index in [0.29, 0.717) is 17.2 Å². The molecule has 3 heteroatoms. The number of nitriles is 1. The SMILES string of the molecule is CC(C)c1ccccc1Nc1cccc(C#N)c1N. The highest BCUT2D eigenvalue weighted by Crippen LogP contribution is 2.30. The number of nitrogens with two attached hydrogens (primary N) is 1. The molecule has 0 saturated carbocycles. The van der Waals surface area contributed by atoms with Gasteiger partial charge in [0.15, 0.2) is 0 Å². The van der Waals surface area contributed by atoms with Crippen molar-refractivity contribution in [1.82, 2.24) is 0 Å². The molecule has 2 aromatic rings. The monoisotopic (exact) mass is 251 g/mol. The Hall–Kier alpha value is -2.47. The fourth-order valence-electron chi connectivity index (χ4n) is 2.03. The second-order valence-corrected chi connectivity index (χ2v) is 4.75. The third kappa shape index (κ3) is 2.69. The number of para-hydroxylation sites is 2. The van der Waals surface area contributed by atoms with E-state index < -0.39 is 0 Å². The summed E-state index contributed by atoms with van der Waals surface area (Å²) in [6.07, 6.45) is 0. The van der Waals surface area contributed by atoms with E-state index in [-0.39, 0.29) is 0 Å². The molecule has 0 fully saturated rings. The molecule has 0 unspecified atom stereocenters. The quantitative estimate of drug-likeness (QED) is 0.810. The summed E-state index contributed by atoms with van der Waals surface area (Å²) in [5.74, 6) is 0.420. The van der Waals surface area contributed by atoms with Crippen molar-refractivity contribution in [3.05, 3.63) is 53.6 Å². The van der Waals surface area contributed by atoms with E-state index >= 15 is 0 Å². The largest absolute Gasteiger partial charge is 0.396 e. The Morgan fingerprint density at radius 3 is 2.42 bits per heavy atom. The van der Waals surface area contributed by atoms with Crippen LogP contribution in [0, 0.1) is 11.3 Å². The van der Waals surface area contributed by atoms with E-state index in [2.05, 4.69) is 31.3 Å². The van der Waals surface area contributed by atoms with Crippen molar-refractivity contribution >= 4 is 17.1 Å². The molecule has 0 radical (unpaired) electrons. The molecule has 2 aromatic carbocycles. The Morgan fingerprint density at radius 2 is 1.74 bits per heavy atom. The molecule has 96 valence electrons. The maximum absolute atomic E-state index is 8.99. The highest BCUT2D eigenvalue weighted by atomic mass is 14.9. The van der Waals surface area contributed by atoms with Crippen molar-refractivity contribution in [3.63, 3.8) is 0 Å². The summed E-state index contributed by atoms with van der Waals surface area (Å²) in [5, 5.41) is 12.3. The van der Waals surface area contributed by atoms with Gasteiger partial charge in [0.25, 0.3) is 0 Å². The molecule has 0 saturated heterocycles. The summed E-state index contributed by atoms with van der Waals surface area (Å²) in [5.41, 5.74) is 9.99. The number of hydrogen-bond donors (Lipinski definition) is 2. The van der Waals surface area contributed by atoms with Crippen LogP contribution in [0.5, 0.6) is 0 Å². The summed E-state index contributed by atoms with van der Waals surface area (Å²) < 4.78 is 0. The van der Waals surface area contributed by atoms with E-state index in [1.807, 2.05) is 30.3 Å². The van der Waals surface area contributed by atoms with E-state index in [9.17, 15) is 0 Å². The number of anilines is 3. The highest BCUT2D eigenvalue weighted by Gasteiger charge is 2.09. The Labute approximate surface area is 113 Å². The molecule has 0 amide bonds. The molecule has 0 aliphatic carbocycles. The lowest BCUT2D eigenvalue weighted by molar-refractivity contribution is 0.869. The van der Waals surface area contributed by atoms with Gasteiger partial charge in [0.2, 0.25) is 0 Å². The van der Waals surface area contributed by atoms with Gasteiger partial charge < -0.3 is 11.1 Å². The number of rotatable bonds is 3. The van der Waals surface area contributed by atoms with Gasteiger partial charge >= 0.3 is 0 Å². The summed E-state index contributed by atoms with van der Waals surface area (Å²) in [6.45, 7) is 4.30. The van der Waals surface area contributed by atoms with Crippen LogP contribution in [0.15, 0.2) is 42.5 Å². The first kappa shape index (κ1) is 13.0. The van der Waals surface area contributed by atoms with Gasteiger partial charge in [0.1, 0.15) is 6.07 Å². The fraction of sp³-hybridized carbons (Fsp3) is 0.188. The number of hydrogen-bond acceptors (Lipinski definition) is 3. The summed E-state index contributed by atoms with van der Waals surface area (Å²) in [7, 11) is 0. The first-order valence-electron chi connectivity index (χ1n) is 6.28. The van der Waals surface area contributed by atoms with Crippen LogP contribution in [-0.4, -0.2) is 0 Å². The Balaban J connectivity index is 2.40. The second-order valence-electron chi connectivity index (χ2n) is 4.75. The molecule has 0 heterocycles. The van der Waals surface area contributed by atoms with Crippen LogP contribution < -0.4 is 11.1 Å². The van der Waals surface area contributed by atoms with Crippen molar-refractivity contribution in [1.29, 1.82) is 5.26 Å².